The lowest BCUT2D eigenvalue weighted by Crippen LogP contribution is -1.96. The van der Waals surface area contributed by atoms with E-state index >= 15 is 0 Å². The van der Waals surface area contributed by atoms with Gasteiger partial charge in [-0.05, 0) is 29.8 Å². The molecular formula is C26H24O5. The molecule has 3 rings (SSSR count). The Balaban J connectivity index is 2.04. The molecule has 3 aromatic rings. The first kappa shape index (κ1) is 21.6. The molecule has 0 atom stereocenters. The molecule has 0 aliphatic carbocycles. The molecule has 0 aliphatic heterocycles. The Labute approximate surface area is 182 Å². The Kier molecular flexibility index (Phi) is 6.67. The van der Waals surface area contributed by atoms with E-state index in [0.29, 0.717) is 28.6 Å². The highest BCUT2D eigenvalue weighted by atomic mass is 16.5. The molecular weight excluding hydrogens is 392 g/mol. The van der Waals surface area contributed by atoms with Crippen LogP contribution in [0.15, 0.2) is 68.3 Å². The van der Waals surface area contributed by atoms with Gasteiger partial charge in [-0.25, -0.2) is 0 Å². The number of phenols is 1. The van der Waals surface area contributed by atoms with Gasteiger partial charge in [0.25, 0.3) is 0 Å². The molecule has 0 saturated heterocycles. The second-order valence-corrected chi connectivity index (χ2v) is 6.47. The zero-order chi connectivity index (χ0) is 22.4. The zero-order valence-corrected chi connectivity index (χ0v) is 17.6. The number of methoxy groups -OCH3 is 2. The lowest BCUT2D eigenvalue weighted by molar-refractivity contribution is 0.343. The molecule has 0 heterocycles. The van der Waals surface area contributed by atoms with Crippen molar-refractivity contribution in [2.45, 2.75) is 0 Å². The Hall–Kier alpha value is -4.12. The first-order valence-electron chi connectivity index (χ1n) is 9.49. The Morgan fingerprint density at radius 2 is 1.29 bits per heavy atom. The van der Waals surface area contributed by atoms with E-state index in [-0.39, 0.29) is 17.2 Å². The first-order chi connectivity index (χ1) is 15.0. The number of ether oxygens (including phenoxy) is 4. The van der Waals surface area contributed by atoms with Crippen molar-refractivity contribution in [2.75, 3.05) is 14.2 Å². The fraction of sp³-hybridized carbons (Fsp3) is 0.0769. The highest BCUT2D eigenvalue weighted by molar-refractivity contribution is 5.66. The van der Waals surface area contributed by atoms with Crippen molar-refractivity contribution in [3.05, 3.63) is 85.0 Å². The standard InChI is InChI=1S/C26H24O5/c1-6-17-13-24(29-5)26(27)25(14-17)31-23-15-19(8-3)21(16-22(23)28-4)30-20-12-10-9-11-18(20)7-2/h6-16,27H,1-3H2,4-5H3. The number of benzene rings is 3. The van der Waals surface area contributed by atoms with E-state index < -0.39 is 0 Å². The number of phenolic OH excluding ortho intramolecular Hbond substituents is 1. The van der Waals surface area contributed by atoms with Crippen LogP contribution in [-0.2, 0) is 0 Å². The molecule has 1 N–H and O–H groups in total. The second kappa shape index (κ2) is 9.59. The second-order valence-electron chi connectivity index (χ2n) is 6.47. The van der Waals surface area contributed by atoms with Gasteiger partial charge < -0.3 is 24.1 Å². The monoisotopic (exact) mass is 416 g/mol. The summed E-state index contributed by atoms with van der Waals surface area (Å²) in [6, 6.07) is 14.3. The minimum Gasteiger partial charge on any atom is -0.502 e. The zero-order valence-electron chi connectivity index (χ0n) is 17.6. The fourth-order valence-corrected chi connectivity index (χ4v) is 2.98. The van der Waals surface area contributed by atoms with Crippen LogP contribution in [0.3, 0.4) is 0 Å². The largest absolute Gasteiger partial charge is 0.502 e. The van der Waals surface area contributed by atoms with Gasteiger partial charge in [0.15, 0.2) is 23.0 Å². The van der Waals surface area contributed by atoms with Crippen LogP contribution in [0, 0.1) is 0 Å². The SMILES string of the molecule is C=Cc1cc(OC)c(O)c(Oc2cc(C=C)c(Oc3ccccc3C=C)cc2OC)c1. The number of hydrogen-bond donors (Lipinski definition) is 1. The fourth-order valence-electron chi connectivity index (χ4n) is 2.98. The molecule has 5 heteroatoms. The van der Waals surface area contributed by atoms with Crippen molar-refractivity contribution in [3.63, 3.8) is 0 Å². The summed E-state index contributed by atoms with van der Waals surface area (Å²) in [6.07, 6.45) is 5.01. The Bertz CT molecular complexity index is 1130. The third-order valence-corrected chi connectivity index (χ3v) is 4.61. The lowest BCUT2D eigenvalue weighted by atomic mass is 10.1. The van der Waals surface area contributed by atoms with E-state index in [9.17, 15) is 5.11 Å². The number of aromatic hydroxyl groups is 1. The average molecular weight is 416 g/mol. The molecule has 5 nitrogen and oxygen atoms in total. The van der Waals surface area contributed by atoms with Crippen LogP contribution >= 0.6 is 0 Å². The predicted octanol–water partition coefficient (Wildman–Crippen LogP) is 6.92. The quantitative estimate of drug-likeness (QED) is 0.410. The van der Waals surface area contributed by atoms with E-state index in [1.54, 1.807) is 42.5 Å². The van der Waals surface area contributed by atoms with Gasteiger partial charge in [-0.3, -0.25) is 0 Å². The van der Waals surface area contributed by atoms with Crippen LogP contribution in [0.5, 0.6) is 40.2 Å². The topological polar surface area (TPSA) is 57.2 Å². The van der Waals surface area contributed by atoms with Crippen LogP contribution in [0.1, 0.15) is 16.7 Å². The van der Waals surface area contributed by atoms with Gasteiger partial charge in [-0.1, -0.05) is 56.2 Å². The highest BCUT2D eigenvalue weighted by Gasteiger charge is 2.17. The summed E-state index contributed by atoms with van der Waals surface area (Å²) in [5.74, 6) is 2.33. The van der Waals surface area contributed by atoms with Crippen LogP contribution in [0.4, 0.5) is 0 Å². The molecule has 0 amide bonds. The predicted molar refractivity (Wildman–Crippen MR) is 125 cm³/mol. The van der Waals surface area contributed by atoms with E-state index in [1.807, 2.05) is 24.3 Å². The van der Waals surface area contributed by atoms with E-state index in [2.05, 4.69) is 19.7 Å². The summed E-state index contributed by atoms with van der Waals surface area (Å²) in [6.45, 7) is 11.5. The molecule has 0 spiro atoms. The maximum Gasteiger partial charge on any atom is 0.201 e. The summed E-state index contributed by atoms with van der Waals surface area (Å²) < 4.78 is 22.8. The number of hydrogen-bond acceptors (Lipinski definition) is 5. The van der Waals surface area contributed by atoms with Gasteiger partial charge in [-0.15, -0.1) is 0 Å². The number of rotatable bonds is 9. The van der Waals surface area contributed by atoms with Crippen molar-refractivity contribution >= 4 is 18.2 Å². The van der Waals surface area contributed by atoms with Gasteiger partial charge in [0.2, 0.25) is 5.75 Å². The van der Waals surface area contributed by atoms with Crippen molar-refractivity contribution < 1.29 is 24.1 Å². The van der Waals surface area contributed by atoms with Crippen molar-refractivity contribution in [2.24, 2.45) is 0 Å². The summed E-state index contributed by atoms with van der Waals surface area (Å²) in [5.41, 5.74) is 2.27. The van der Waals surface area contributed by atoms with Crippen LogP contribution < -0.4 is 18.9 Å². The third-order valence-electron chi connectivity index (χ3n) is 4.61. The van der Waals surface area contributed by atoms with Gasteiger partial charge in [0.05, 0.1) is 14.2 Å². The smallest absolute Gasteiger partial charge is 0.201 e. The van der Waals surface area contributed by atoms with E-state index in [4.69, 9.17) is 18.9 Å². The molecule has 0 aromatic heterocycles. The third kappa shape index (κ3) is 4.56. The van der Waals surface area contributed by atoms with Crippen molar-refractivity contribution in [3.8, 4) is 40.2 Å². The number of para-hydroxylation sites is 1. The van der Waals surface area contributed by atoms with Gasteiger partial charge in [0, 0.05) is 17.2 Å². The summed E-state index contributed by atoms with van der Waals surface area (Å²) >= 11 is 0. The lowest BCUT2D eigenvalue weighted by Gasteiger charge is -2.17. The van der Waals surface area contributed by atoms with Gasteiger partial charge in [0.1, 0.15) is 11.5 Å². The maximum absolute atomic E-state index is 10.5. The van der Waals surface area contributed by atoms with Gasteiger partial charge in [-0.2, -0.15) is 0 Å². The Morgan fingerprint density at radius 3 is 1.94 bits per heavy atom. The first-order valence-corrected chi connectivity index (χ1v) is 9.49. The Morgan fingerprint density at radius 1 is 0.645 bits per heavy atom. The molecule has 0 saturated carbocycles. The maximum atomic E-state index is 10.5. The summed E-state index contributed by atoms with van der Waals surface area (Å²) in [7, 11) is 2.99. The molecule has 0 aliphatic rings. The molecule has 0 unspecified atom stereocenters. The highest BCUT2D eigenvalue weighted by Crippen LogP contribution is 2.44. The summed E-state index contributed by atoms with van der Waals surface area (Å²) in [4.78, 5) is 0. The van der Waals surface area contributed by atoms with Crippen LogP contribution in [0.25, 0.3) is 18.2 Å². The molecule has 0 fully saturated rings. The average Bonchev–Trinajstić information content (AvgIpc) is 2.81. The van der Waals surface area contributed by atoms with Crippen molar-refractivity contribution in [1.82, 2.24) is 0 Å². The van der Waals surface area contributed by atoms with Crippen LogP contribution in [0.2, 0.25) is 0 Å². The molecule has 3 aromatic carbocycles. The van der Waals surface area contributed by atoms with Crippen LogP contribution in [-0.4, -0.2) is 19.3 Å². The van der Waals surface area contributed by atoms with Gasteiger partial charge >= 0.3 is 0 Å². The minimum absolute atomic E-state index is 0.129. The summed E-state index contributed by atoms with van der Waals surface area (Å²) in [5, 5.41) is 10.5. The normalized spacial score (nSPS) is 10.1. The van der Waals surface area contributed by atoms with Crippen molar-refractivity contribution in [1.29, 1.82) is 0 Å². The van der Waals surface area contributed by atoms with E-state index in [1.165, 1.54) is 14.2 Å². The molecule has 31 heavy (non-hydrogen) atoms. The molecule has 0 bridgehead atoms. The molecule has 0 radical (unpaired) electrons. The minimum atomic E-state index is -0.129. The molecule has 158 valence electrons. The van der Waals surface area contributed by atoms with E-state index in [0.717, 1.165) is 11.1 Å².